The summed E-state index contributed by atoms with van der Waals surface area (Å²) in [5, 5.41) is 3.01. The van der Waals surface area contributed by atoms with Crippen molar-refractivity contribution >= 4 is 28.7 Å². The van der Waals surface area contributed by atoms with Crippen LogP contribution in [-0.4, -0.2) is 20.4 Å². The van der Waals surface area contributed by atoms with Gasteiger partial charge in [-0.25, -0.2) is 9.37 Å². The van der Waals surface area contributed by atoms with Crippen molar-refractivity contribution in [2.75, 3.05) is 5.32 Å². The zero-order chi connectivity index (χ0) is 22.8. The molecule has 1 N–H and O–H groups in total. The predicted molar refractivity (Wildman–Crippen MR) is 127 cm³/mol. The molecule has 0 spiro atoms. The molecule has 5 nitrogen and oxygen atoms in total. The molecule has 2 aromatic heterocycles. The van der Waals surface area contributed by atoms with E-state index in [1.54, 1.807) is 18.3 Å². The summed E-state index contributed by atoms with van der Waals surface area (Å²) in [6.07, 6.45) is 4.94. The summed E-state index contributed by atoms with van der Waals surface area (Å²) in [5.74, 6) is 0.130. The van der Waals surface area contributed by atoms with Gasteiger partial charge < -0.3 is 9.88 Å². The van der Waals surface area contributed by atoms with Gasteiger partial charge in [0.2, 0.25) is 5.91 Å². The van der Waals surface area contributed by atoms with Crippen molar-refractivity contribution in [3.8, 4) is 11.4 Å². The molecule has 2 aromatic carbocycles. The lowest BCUT2D eigenvalue weighted by Gasteiger charge is -2.17. The average Bonchev–Trinajstić information content (AvgIpc) is 3.13. The number of hydrogen-bond donors (Lipinski definition) is 1. The van der Waals surface area contributed by atoms with Crippen molar-refractivity contribution in [3.63, 3.8) is 0 Å². The molecule has 0 radical (unpaired) electrons. The maximum Gasteiger partial charge on any atom is 0.248 e. The van der Waals surface area contributed by atoms with Gasteiger partial charge in [0, 0.05) is 29.6 Å². The Labute approximate surface area is 186 Å². The van der Waals surface area contributed by atoms with Crippen LogP contribution in [0.4, 0.5) is 10.1 Å². The normalized spacial score (nSPS) is 11.6. The van der Waals surface area contributed by atoms with Crippen molar-refractivity contribution in [2.45, 2.75) is 33.7 Å². The number of nitrogens with zero attached hydrogens (tertiary/aromatic N) is 3. The molecule has 0 saturated heterocycles. The van der Waals surface area contributed by atoms with Gasteiger partial charge in [-0.05, 0) is 75.2 Å². The Morgan fingerprint density at radius 1 is 1.12 bits per heavy atom. The van der Waals surface area contributed by atoms with Crippen LogP contribution in [0.15, 0.2) is 60.8 Å². The number of hydrogen-bond acceptors (Lipinski definition) is 3. The Hall–Kier alpha value is -3.80. The highest BCUT2D eigenvalue weighted by Crippen LogP contribution is 2.35. The summed E-state index contributed by atoms with van der Waals surface area (Å²) in [6, 6.07) is 14.2. The Kier molecular flexibility index (Phi) is 5.86. The number of nitrogens with one attached hydrogen (secondary N) is 1. The molecule has 2 heterocycles. The number of halogens is 1. The Morgan fingerprint density at radius 2 is 1.94 bits per heavy atom. The van der Waals surface area contributed by atoms with E-state index in [1.165, 1.54) is 18.2 Å². The molecule has 0 aliphatic heterocycles. The van der Waals surface area contributed by atoms with Crippen molar-refractivity contribution in [3.05, 3.63) is 83.4 Å². The lowest BCUT2D eigenvalue weighted by molar-refractivity contribution is -0.111. The van der Waals surface area contributed by atoms with Crippen LogP contribution in [0.1, 0.15) is 36.7 Å². The quantitative estimate of drug-likeness (QED) is 0.392. The van der Waals surface area contributed by atoms with Gasteiger partial charge in [0.05, 0.1) is 16.7 Å². The van der Waals surface area contributed by atoms with Crippen molar-refractivity contribution in [2.24, 2.45) is 0 Å². The van der Waals surface area contributed by atoms with Crippen LogP contribution >= 0.6 is 0 Å². The van der Waals surface area contributed by atoms with Crippen LogP contribution in [0.3, 0.4) is 0 Å². The first-order valence-corrected chi connectivity index (χ1v) is 10.5. The van der Waals surface area contributed by atoms with E-state index in [9.17, 15) is 9.18 Å². The third-order valence-electron chi connectivity index (χ3n) is 5.29. The summed E-state index contributed by atoms with van der Waals surface area (Å²) < 4.78 is 15.9. The fraction of sp³-hybridized carbons (Fsp3) is 0.192. The van der Waals surface area contributed by atoms with Crippen molar-refractivity contribution in [1.82, 2.24) is 14.5 Å². The number of fused-ring (bicyclic) bond motifs is 1. The van der Waals surface area contributed by atoms with E-state index in [0.717, 1.165) is 27.9 Å². The van der Waals surface area contributed by atoms with E-state index in [4.69, 9.17) is 4.98 Å². The van der Waals surface area contributed by atoms with Gasteiger partial charge in [0.1, 0.15) is 11.6 Å². The third-order valence-corrected chi connectivity index (χ3v) is 5.29. The number of imidazole rings is 1. The van der Waals surface area contributed by atoms with E-state index >= 15 is 0 Å². The lowest BCUT2D eigenvalue weighted by atomic mass is 10.1. The highest BCUT2D eigenvalue weighted by molar-refractivity contribution is 6.04. The van der Waals surface area contributed by atoms with Crippen LogP contribution in [0.25, 0.3) is 28.5 Å². The Morgan fingerprint density at radius 3 is 2.66 bits per heavy atom. The number of benzene rings is 2. The molecule has 0 aliphatic rings. The molecule has 0 saturated carbocycles. The zero-order valence-corrected chi connectivity index (χ0v) is 18.6. The first-order valence-electron chi connectivity index (χ1n) is 10.5. The fourth-order valence-electron chi connectivity index (χ4n) is 3.71. The van der Waals surface area contributed by atoms with Gasteiger partial charge in [-0.1, -0.05) is 18.2 Å². The SMILES string of the molecule is Cc1ccc(C=CC(=O)Nc2c(C)cccc2-c2nc3ccc(F)cc3n2C(C)C)cn1. The summed E-state index contributed by atoms with van der Waals surface area (Å²) in [6.45, 7) is 7.91. The van der Waals surface area contributed by atoms with Gasteiger partial charge in [-0.3, -0.25) is 9.78 Å². The molecule has 6 heteroatoms. The molecule has 0 bridgehead atoms. The van der Waals surface area contributed by atoms with E-state index in [2.05, 4.69) is 10.3 Å². The molecule has 0 unspecified atom stereocenters. The van der Waals surface area contributed by atoms with Crippen LogP contribution in [-0.2, 0) is 4.79 Å². The average molecular weight is 429 g/mol. The van der Waals surface area contributed by atoms with Gasteiger partial charge >= 0.3 is 0 Å². The minimum atomic E-state index is -0.306. The molecule has 0 atom stereocenters. The molecular formula is C26H25FN4O. The molecule has 4 rings (SSSR count). The van der Waals surface area contributed by atoms with Crippen LogP contribution in [0, 0.1) is 19.7 Å². The number of aromatic nitrogens is 3. The minimum Gasteiger partial charge on any atom is -0.322 e. The number of anilines is 1. The Balaban J connectivity index is 1.73. The Bertz CT molecular complexity index is 1320. The summed E-state index contributed by atoms with van der Waals surface area (Å²) in [7, 11) is 0. The number of amides is 1. The predicted octanol–water partition coefficient (Wildman–Crippen LogP) is 6.09. The smallest absolute Gasteiger partial charge is 0.248 e. The largest absolute Gasteiger partial charge is 0.322 e. The maximum atomic E-state index is 13.9. The number of para-hydroxylation sites is 1. The minimum absolute atomic E-state index is 0.0507. The molecule has 162 valence electrons. The molecule has 4 aromatic rings. The second-order valence-electron chi connectivity index (χ2n) is 8.09. The number of carbonyl (C=O) groups is 1. The number of carbonyl (C=O) groups excluding carboxylic acids is 1. The lowest BCUT2D eigenvalue weighted by Crippen LogP contribution is -2.12. The van der Waals surface area contributed by atoms with Crippen molar-refractivity contribution in [1.29, 1.82) is 0 Å². The molecule has 32 heavy (non-hydrogen) atoms. The van der Waals surface area contributed by atoms with Gasteiger partial charge in [0.25, 0.3) is 0 Å². The van der Waals surface area contributed by atoms with Gasteiger partial charge in [-0.2, -0.15) is 0 Å². The fourth-order valence-corrected chi connectivity index (χ4v) is 3.71. The summed E-state index contributed by atoms with van der Waals surface area (Å²) >= 11 is 0. The second kappa shape index (κ2) is 8.75. The maximum absolute atomic E-state index is 13.9. The zero-order valence-electron chi connectivity index (χ0n) is 18.6. The van der Waals surface area contributed by atoms with Crippen molar-refractivity contribution < 1.29 is 9.18 Å². The first-order chi connectivity index (χ1) is 15.3. The topological polar surface area (TPSA) is 59.8 Å². The third kappa shape index (κ3) is 4.30. The van der Waals surface area contributed by atoms with Crippen LogP contribution in [0.2, 0.25) is 0 Å². The highest BCUT2D eigenvalue weighted by atomic mass is 19.1. The van der Waals surface area contributed by atoms with E-state index in [0.29, 0.717) is 17.0 Å². The van der Waals surface area contributed by atoms with E-state index in [1.807, 2.05) is 62.6 Å². The monoisotopic (exact) mass is 428 g/mol. The van der Waals surface area contributed by atoms with Crippen LogP contribution < -0.4 is 5.32 Å². The van der Waals surface area contributed by atoms with E-state index < -0.39 is 0 Å². The van der Waals surface area contributed by atoms with Crippen LogP contribution in [0.5, 0.6) is 0 Å². The molecule has 0 aliphatic carbocycles. The molecule has 1 amide bonds. The molecule has 0 fully saturated rings. The molecular weight excluding hydrogens is 403 g/mol. The summed E-state index contributed by atoms with van der Waals surface area (Å²) in [5.41, 5.74) is 5.58. The second-order valence-corrected chi connectivity index (χ2v) is 8.09. The number of pyridine rings is 1. The standard InChI is InChI=1S/C26H25FN4O/c1-16(2)31-23-14-20(27)11-12-22(23)29-26(31)21-7-5-6-17(3)25(21)30-24(32)13-10-19-9-8-18(4)28-15-19/h5-16H,1-4H3,(H,30,32). The van der Waals surface area contributed by atoms with Gasteiger partial charge in [0.15, 0.2) is 0 Å². The number of aryl methyl sites for hydroxylation is 2. The first kappa shape index (κ1) is 21.4. The van der Waals surface area contributed by atoms with E-state index in [-0.39, 0.29) is 17.8 Å². The number of rotatable bonds is 5. The highest BCUT2D eigenvalue weighted by Gasteiger charge is 2.19. The summed E-state index contributed by atoms with van der Waals surface area (Å²) in [4.78, 5) is 21.7. The van der Waals surface area contributed by atoms with Gasteiger partial charge in [-0.15, -0.1) is 0 Å².